The van der Waals surface area contributed by atoms with E-state index in [2.05, 4.69) is 20.7 Å². The Labute approximate surface area is 328 Å². The Bertz CT molecular complexity index is 2080. The van der Waals surface area contributed by atoms with E-state index in [-0.39, 0.29) is 31.3 Å². The van der Waals surface area contributed by atoms with Gasteiger partial charge in [-0.3, -0.25) is 19.1 Å². The molecule has 2 aromatic rings. The molecule has 3 aliphatic carbocycles. The Kier molecular flexibility index (Phi) is 9.97. The van der Waals surface area contributed by atoms with E-state index < -0.39 is 61.8 Å². The summed E-state index contributed by atoms with van der Waals surface area (Å²) < 4.78 is 40.2. The topological polar surface area (TPSA) is 185 Å². The number of pyridine rings is 1. The van der Waals surface area contributed by atoms with Gasteiger partial charge < -0.3 is 30.3 Å². The Morgan fingerprint density at radius 1 is 1.02 bits per heavy atom. The number of sulfonamides is 1. The SMILES string of the molecule is COc1ccc2nc(C)c3c(c2c1)CC[C@]1(C[C@H]2C(=O)N[C@]4(C(=O)NS(=O)(=O)C5(C)CC5)C[C@H]4/C=C\CCCCC[C@H](NC(=O)NC4CCCC4)C(=O)N2C1)O3. The van der Waals surface area contributed by atoms with Gasteiger partial charge in [0.25, 0.3) is 5.91 Å². The van der Waals surface area contributed by atoms with Crippen LogP contribution in [0.4, 0.5) is 4.79 Å². The number of carbonyl (C=O) groups is 4. The van der Waals surface area contributed by atoms with Crippen LogP contribution in [0.15, 0.2) is 30.4 Å². The van der Waals surface area contributed by atoms with Crippen LogP contribution in [0.1, 0.15) is 108 Å². The molecule has 6 aliphatic rings. The predicted octanol–water partition coefficient (Wildman–Crippen LogP) is 4.22. The zero-order chi connectivity index (χ0) is 39.5. The lowest BCUT2D eigenvalue weighted by Crippen LogP contribution is -2.59. The van der Waals surface area contributed by atoms with Gasteiger partial charge in [0.05, 0.1) is 29.6 Å². The molecule has 8 rings (SSSR count). The molecule has 1 aromatic heterocycles. The molecule has 3 saturated carbocycles. The van der Waals surface area contributed by atoms with Crippen molar-refractivity contribution in [1.29, 1.82) is 0 Å². The van der Waals surface area contributed by atoms with Crippen LogP contribution >= 0.6 is 0 Å². The number of nitrogens with one attached hydrogen (secondary N) is 4. The summed E-state index contributed by atoms with van der Waals surface area (Å²) in [6, 6.07) is 3.42. The first kappa shape index (κ1) is 38.5. The molecule has 0 radical (unpaired) electrons. The monoisotopic (exact) mass is 790 g/mol. The number of methoxy groups -OCH3 is 1. The van der Waals surface area contributed by atoms with Crippen LogP contribution in [0.2, 0.25) is 0 Å². The van der Waals surface area contributed by atoms with E-state index in [0.29, 0.717) is 55.7 Å². The predicted molar refractivity (Wildman–Crippen MR) is 208 cm³/mol. The van der Waals surface area contributed by atoms with E-state index in [9.17, 15) is 27.6 Å². The average Bonchev–Trinajstić information content (AvgIpc) is 3.96. The Balaban J connectivity index is 1.12. The summed E-state index contributed by atoms with van der Waals surface area (Å²) in [4.78, 5) is 63.2. The first-order valence-electron chi connectivity index (χ1n) is 20.3. The average molecular weight is 791 g/mol. The van der Waals surface area contributed by atoms with Crippen LogP contribution in [-0.2, 0) is 30.8 Å². The Morgan fingerprint density at radius 2 is 1.79 bits per heavy atom. The lowest BCUT2D eigenvalue weighted by Gasteiger charge is -2.36. The zero-order valence-electron chi connectivity index (χ0n) is 32.6. The first-order valence-corrected chi connectivity index (χ1v) is 21.8. The third kappa shape index (κ3) is 7.20. The smallest absolute Gasteiger partial charge is 0.315 e. The van der Waals surface area contributed by atoms with Crippen molar-refractivity contribution in [3.05, 3.63) is 41.6 Å². The van der Waals surface area contributed by atoms with Gasteiger partial charge in [0, 0.05) is 29.3 Å². The van der Waals surface area contributed by atoms with Crippen molar-refractivity contribution in [1.82, 2.24) is 30.6 Å². The molecule has 4 fully saturated rings. The second kappa shape index (κ2) is 14.5. The molecule has 0 bridgehead atoms. The third-order valence-corrected chi connectivity index (χ3v) is 15.3. The molecule has 1 saturated heterocycles. The molecule has 4 heterocycles. The van der Waals surface area contributed by atoms with Crippen LogP contribution in [0.5, 0.6) is 11.5 Å². The van der Waals surface area contributed by atoms with Crippen LogP contribution in [0.3, 0.4) is 0 Å². The molecular weight excluding hydrogens is 737 g/mol. The van der Waals surface area contributed by atoms with Gasteiger partial charge in [-0.25, -0.2) is 18.2 Å². The number of hydrogen-bond donors (Lipinski definition) is 4. The molecule has 56 heavy (non-hydrogen) atoms. The fraction of sp³-hybridized carbons (Fsp3) is 0.634. The number of amides is 5. The maximum Gasteiger partial charge on any atom is 0.315 e. The molecule has 302 valence electrons. The number of urea groups is 1. The van der Waals surface area contributed by atoms with Crippen LogP contribution in [0, 0.1) is 12.8 Å². The van der Waals surface area contributed by atoms with Gasteiger partial charge in [0.15, 0.2) is 0 Å². The van der Waals surface area contributed by atoms with Crippen LogP contribution < -0.4 is 30.1 Å². The number of allylic oxidation sites excluding steroid dienone is 1. The number of benzene rings is 1. The second-order valence-electron chi connectivity index (χ2n) is 17.2. The maximum atomic E-state index is 14.8. The second-order valence-corrected chi connectivity index (χ2v) is 19.4. The van der Waals surface area contributed by atoms with E-state index in [1.807, 2.05) is 37.3 Å². The van der Waals surface area contributed by atoms with Crippen molar-refractivity contribution in [2.45, 2.75) is 144 Å². The fourth-order valence-electron chi connectivity index (χ4n) is 9.25. The van der Waals surface area contributed by atoms with Gasteiger partial charge in [-0.05, 0) is 96.3 Å². The number of aryl methyl sites for hydroxylation is 2. The summed E-state index contributed by atoms with van der Waals surface area (Å²) >= 11 is 0. The largest absolute Gasteiger partial charge is 0.497 e. The molecule has 1 spiro atoms. The van der Waals surface area contributed by atoms with E-state index in [4.69, 9.17) is 14.5 Å². The summed E-state index contributed by atoms with van der Waals surface area (Å²) in [6.07, 6.45) is 13.6. The molecule has 5 atom stereocenters. The van der Waals surface area contributed by atoms with Crippen LogP contribution in [-0.4, -0.2) is 89.7 Å². The quantitative estimate of drug-likeness (QED) is 0.311. The summed E-state index contributed by atoms with van der Waals surface area (Å²) in [6.45, 7) is 3.57. The number of ether oxygens (including phenoxy) is 2. The molecule has 5 amide bonds. The molecule has 0 unspecified atom stereocenters. The minimum absolute atomic E-state index is 0.0523. The standard InChI is InChI=1S/C41H54N6O8S/c1-25-34-29(30-21-28(54-3)15-16-31(30)42-25)17-18-40(55-34)23-33-35(48)45-41(37(50)46-56(52,53)39(2)19-20-39)22-26(41)11-7-5-4-6-8-14-32(36(49)47(33)24-40)44-38(51)43-27-12-9-10-13-27/h7,11,15-16,21,26-27,32-33H,4-6,8-10,12-14,17-20,22-24H2,1-3H3,(H,45,48)(H,46,50)(H2,43,44,51)/b11-7-/t26-,32+,33+,40-,41-/m1/s1. The van der Waals surface area contributed by atoms with E-state index in [1.165, 1.54) is 4.90 Å². The van der Waals surface area contributed by atoms with Crippen molar-refractivity contribution >= 4 is 44.7 Å². The van der Waals surface area contributed by atoms with Crippen molar-refractivity contribution in [3.63, 3.8) is 0 Å². The minimum Gasteiger partial charge on any atom is -0.497 e. The van der Waals surface area contributed by atoms with Crippen molar-refractivity contribution < 1.29 is 37.1 Å². The summed E-state index contributed by atoms with van der Waals surface area (Å²) in [5, 5.41) is 9.90. The normalized spacial score (nSPS) is 30.8. The van der Waals surface area contributed by atoms with Gasteiger partial charge in [-0.1, -0.05) is 37.8 Å². The van der Waals surface area contributed by atoms with E-state index in [0.717, 1.165) is 61.4 Å². The van der Waals surface area contributed by atoms with Gasteiger partial charge in [0.2, 0.25) is 21.8 Å². The summed E-state index contributed by atoms with van der Waals surface area (Å²) in [7, 11) is -2.36. The minimum atomic E-state index is -3.98. The highest BCUT2D eigenvalue weighted by atomic mass is 32.2. The highest BCUT2D eigenvalue weighted by Gasteiger charge is 2.64. The first-order chi connectivity index (χ1) is 26.8. The highest BCUT2D eigenvalue weighted by Crippen LogP contribution is 2.49. The Hall–Kier alpha value is -4.40. The maximum absolute atomic E-state index is 14.8. The molecule has 3 aliphatic heterocycles. The van der Waals surface area contributed by atoms with Gasteiger partial charge in [-0.15, -0.1) is 0 Å². The van der Waals surface area contributed by atoms with Crippen molar-refractivity contribution in [3.8, 4) is 11.5 Å². The summed E-state index contributed by atoms with van der Waals surface area (Å²) in [5.41, 5.74) is 0.0272. The lowest BCUT2D eigenvalue weighted by molar-refractivity contribution is -0.141. The lowest BCUT2D eigenvalue weighted by atomic mass is 9.87. The number of fused-ring (bicyclic) bond motifs is 5. The number of rotatable bonds is 6. The molecular formula is C41H54N6O8S. The van der Waals surface area contributed by atoms with Crippen molar-refractivity contribution in [2.75, 3.05) is 13.7 Å². The third-order valence-electron chi connectivity index (χ3n) is 13.2. The number of hydrogen-bond acceptors (Lipinski definition) is 9. The molecule has 4 N–H and O–H groups in total. The van der Waals surface area contributed by atoms with E-state index >= 15 is 0 Å². The fourth-order valence-corrected chi connectivity index (χ4v) is 10.6. The van der Waals surface area contributed by atoms with Crippen LogP contribution in [0.25, 0.3) is 10.9 Å². The number of aromatic nitrogens is 1. The van der Waals surface area contributed by atoms with Gasteiger partial charge in [-0.2, -0.15) is 0 Å². The molecule has 14 nitrogen and oxygen atoms in total. The van der Waals surface area contributed by atoms with E-state index in [1.54, 1.807) is 14.0 Å². The van der Waals surface area contributed by atoms with Gasteiger partial charge in [0.1, 0.15) is 34.7 Å². The zero-order valence-corrected chi connectivity index (χ0v) is 33.4. The van der Waals surface area contributed by atoms with Crippen molar-refractivity contribution in [2.24, 2.45) is 5.92 Å². The number of carbonyl (C=O) groups excluding carboxylic acids is 4. The molecule has 1 aromatic carbocycles. The highest BCUT2D eigenvalue weighted by molar-refractivity contribution is 7.91. The molecule has 15 heteroatoms. The number of nitrogens with zero attached hydrogens (tertiary/aromatic N) is 2. The Morgan fingerprint density at radius 3 is 2.54 bits per heavy atom. The van der Waals surface area contributed by atoms with Gasteiger partial charge >= 0.3 is 6.03 Å². The summed E-state index contributed by atoms with van der Waals surface area (Å²) in [5.74, 6) is -0.824.